The fourth-order valence-corrected chi connectivity index (χ4v) is 5.35. The van der Waals surface area contributed by atoms with Crippen molar-refractivity contribution < 1.29 is 13.2 Å². The average Bonchev–Trinajstić information content (AvgIpc) is 3.50. The summed E-state index contributed by atoms with van der Waals surface area (Å²) in [5.74, 6) is 0.727. The largest absolute Gasteiger partial charge is 0.315 e. The number of nitrogens with one attached hydrogen (secondary N) is 1. The average molecular weight is 413 g/mol. The monoisotopic (exact) mass is 412 g/mol. The lowest BCUT2D eigenvalue weighted by Crippen LogP contribution is -2.32. The summed E-state index contributed by atoms with van der Waals surface area (Å²) in [6.45, 7) is 2.08. The van der Waals surface area contributed by atoms with Gasteiger partial charge >= 0.3 is 0 Å². The van der Waals surface area contributed by atoms with Crippen LogP contribution in [0, 0.1) is 0 Å². The number of benzene rings is 2. The van der Waals surface area contributed by atoms with Gasteiger partial charge in [0.1, 0.15) is 0 Å². The second kappa shape index (κ2) is 7.82. The number of amides is 1. The van der Waals surface area contributed by atoms with Gasteiger partial charge in [0.2, 0.25) is 15.9 Å². The number of aryl methyl sites for hydroxylation is 2. The van der Waals surface area contributed by atoms with Crippen molar-refractivity contribution in [2.24, 2.45) is 0 Å². The minimum absolute atomic E-state index is 0.0451. The minimum atomic E-state index is -3.52. The number of nitrogens with zero attached hydrogens (tertiary/aromatic N) is 1. The quantitative estimate of drug-likeness (QED) is 0.734. The normalized spacial score (nSPS) is 16.6. The Morgan fingerprint density at radius 1 is 1.10 bits per heavy atom. The first-order valence-corrected chi connectivity index (χ1v) is 12.0. The van der Waals surface area contributed by atoms with E-state index in [0.29, 0.717) is 24.4 Å². The van der Waals surface area contributed by atoms with Gasteiger partial charge in [-0.05, 0) is 66.0 Å². The van der Waals surface area contributed by atoms with Gasteiger partial charge in [-0.2, -0.15) is 0 Å². The highest BCUT2D eigenvalue weighted by Crippen LogP contribution is 2.40. The highest BCUT2D eigenvalue weighted by Gasteiger charge is 2.25. The fraction of sp³-hybridized carbons (Fsp3) is 0.435. The van der Waals surface area contributed by atoms with Crippen molar-refractivity contribution in [1.29, 1.82) is 0 Å². The van der Waals surface area contributed by atoms with Gasteiger partial charge in [0.25, 0.3) is 0 Å². The summed E-state index contributed by atoms with van der Waals surface area (Å²) < 4.78 is 28.3. The Morgan fingerprint density at radius 3 is 2.48 bits per heavy atom. The van der Waals surface area contributed by atoms with E-state index in [9.17, 15) is 13.2 Å². The van der Waals surface area contributed by atoms with Gasteiger partial charge in [0.15, 0.2) is 0 Å². The number of sulfonamides is 1. The minimum Gasteiger partial charge on any atom is -0.315 e. The molecule has 2 aromatic carbocycles. The number of carbonyl (C=O) groups excluding carboxylic acids is 1. The van der Waals surface area contributed by atoms with Crippen LogP contribution in [0.5, 0.6) is 0 Å². The van der Waals surface area contributed by atoms with Crippen LogP contribution in [0.3, 0.4) is 0 Å². The third-order valence-corrected chi connectivity index (χ3v) is 7.02. The van der Waals surface area contributed by atoms with Gasteiger partial charge in [-0.3, -0.25) is 9.52 Å². The maximum absolute atomic E-state index is 12.8. The Bertz CT molecular complexity index is 1020. The molecule has 2 aliphatic rings. The molecule has 1 saturated carbocycles. The van der Waals surface area contributed by atoms with Gasteiger partial charge in [0, 0.05) is 24.8 Å². The van der Waals surface area contributed by atoms with E-state index in [0.717, 1.165) is 35.2 Å². The molecule has 0 spiro atoms. The fourth-order valence-electron chi connectivity index (χ4n) is 4.17. The summed E-state index contributed by atoms with van der Waals surface area (Å²) in [6.07, 6.45) is 5.30. The topological polar surface area (TPSA) is 66.5 Å². The first-order valence-electron chi connectivity index (χ1n) is 10.4. The van der Waals surface area contributed by atoms with Crippen LogP contribution in [-0.2, 0) is 33.4 Å². The van der Waals surface area contributed by atoms with Gasteiger partial charge in [0.05, 0.1) is 5.75 Å². The zero-order chi connectivity index (χ0) is 20.6. The van der Waals surface area contributed by atoms with Crippen molar-refractivity contribution >= 4 is 27.3 Å². The van der Waals surface area contributed by atoms with Crippen LogP contribution in [0.4, 0.5) is 11.4 Å². The molecule has 1 aliphatic carbocycles. The number of rotatable bonds is 7. The van der Waals surface area contributed by atoms with E-state index in [1.807, 2.05) is 36.4 Å². The lowest BCUT2D eigenvalue weighted by Gasteiger charge is -2.29. The van der Waals surface area contributed by atoms with Crippen molar-refractivity contribution in [3.63, 3.8) is 0 Å². The van der Waals surface area contributed by atoms with Crippen LogP contribution >= 0.6 is 0 Å². The third kappa shape index (κ3) is 4.47. The van der Waals surface area contributed by atoms with Crippen LogP contribution < -0.4 is 9.62 Å². The molecule has 1 heterocycles. The molecule has 0 radical (unpaired) electrons. The van der Waals surface area contributed by atoms with Gasteiger partial charge in [-0.25, -0.2) is 8.42 Å². The Balaban J connectivity index is 1.56. The first-order chi connectivity index (χ1) is 13.9. The molecule has 4 rings (SSSR count). The molecule has 29 heavy (non-hydrogen) atoms. The molecule has 0 saturated heterocycles. The molecule has 0 atom stereocenters. The molecule has 5 nitrogen and oxygen atoms in total. The zero-order valence-electron chi connectivity index (χ0n) is 17.1. The molecule has 1 fully saturated rings. The molecule has 1 N–H and O–H groups in total. The maximum atomic E-state index is 12.8. The summed E-state index contributed by atoms with van der Waals surface area (Å²) >= 11 is 0. The summed E-state index contributed by atoms with van der Waals surface area (Å²) in [6, 6.07) is 11.7. The second-order valence-corrected chi connectivity index (χ2v) is 9.95. The van der Waals surface area contributed by atoms with Crippen LogP contribution in [0.2, 0.25) is 0 Å². The molecule has 0 aromatic heterocycles. The molecular formula is C23H28N2O3S. The number of carbonyl (C=O) groups is 1. The smallest absolute Gasteiger partial charge is 0.236 e. The Morgan fingerprint density at radius 2 is 1.83 bits per heavy atom. The van der Waals surface area contributed by atoms with Gasteiger partial charge in [-0.15, -0.1) is 0 Å². The van der Waals surface area contributed by atoms with Crippen LogP contribution in [0.1, 0.15) is 60.8 Å². The molecule has 2 aromatic rings. The summed E-state index contributed by atoms with van der Waals surface area (Å²) in [7, 11) is -1.72. The molecule has 1 amide bonds. The van der Waals surface area contributed by atoms with Crippen molar-refractivity contribution in [2.45, 2.75) is 57.1 Å². The number of hydrogen-bond acceptors (Lipinski definition) is 3. The van der Waals surface area contributed by atoms with Crippen LogP contribution in [0.25, 0.3) is 0 Å². The Kier molecular flexibility index (Phi) is 5.38. The lowest BCUT2D eigenvalue weighted by molar-refractivity contribution is -0.118. The van der Waals surface area contributed by atoms with E-state index in [1.165, 1.54) is 18.4 Å². The maximum Gasteiger partial charge on any atom is 0.236 e. The highest BCUT2D eigenvalue weighted by atomic mass is 32.2. The highest BCUT2D eigenvalue weighted by molar-refractivity contribution is 7.91. The number of hydrogen-bond donors (Lipinski definition) is 1. The van der Waals surface area contributed by atoms with Gasteiger partial charge in [-0.1, -0.05) is 37.6 Å². The van der Waals surface area contributed by atoms with Crippen LogP contribution in [0.15, 0.2) is 36.4 Å². The number of fused-ring (bicyclic) bond motifs is 1. The van der Waals surface area contributed by atoms with E-state index in [-0.39, 0.29) is 11.7 Å². The third-order valence-electron chi connectivity index (χ3n) is 5.76. The summed E-state index contributed by atoms with van der Waals surface area (Å²) in [4.78, 5) is 13.8. The van der Waals surface area contributed by atoms with E-state index < -0.39 is 10.0 Å². The summed E-state index contributed by atoms with van der Waals surface area (Å²) in [5.41, 5.74) is 5.68. The molecule has 0 unspecified atom stereocenters. The molecule has 1 aliphatic heterocycles. The predicted molar refractivity (Wildman–Crippen MR) is 117 cm³/mol. The second-order valence-electron chi connectivity index (χ2n) is 8.22. The van der Waals surface area contributed by atoms with Crippen molar-refractivity contribution in [1.82, 2.24) is 0 Å². The van der Waals surface area contributed by atoms with Crippen molar-refractivity contribution in [3.05, 3.63) is 58.7 Å². The molecular weight excluding hydrogens is 384 g/mol. The lowest BCUT2D eigenvalue weighted by atomic mass is 9.95. The van der Waals surface area contributed by atoms with E-state index in [4.69, 9.17) is 0 Å². The van der Waals surface area contributed by atoms with Crippen molar-refractivity contribution in [2.75, 3.05) is 16.7 Å². The van der Waals surface area contributed by atoms with E-state index >= 15 is 0 Å². The number of anilines is 2. The Labute approximate surface area is 173 Å². The SMILES string of the molecule is CCCc1cc(NS(=O)(=O)Cc2ccc(C3CC3)cc2)cc2c1N(C)C(=O)CC2. The van der Waals surface area contributed by atoms with Crippen LogP contribution in [-0.4, -0.2) is 21.4 Å². The van der Waals surface area contributed by atoms with Crippen molar-refractivity contribution in [3.8, 4) is 0 Å². The first kappa shape index (κ1) is 20.0. The van der Waals surface area contributed by atoms with E-state index in [2.05, 4.69) is 11.6 Å². The molecule has 6 heteroatoms. The molecule has 154 valence electrons. The summed E-state index contributed by atoms with van der Waals surface area (Å²) in [5, 5.41) is 0. The molecule has 0 bridgehead atoms. The van der Waals surface area contributed by atoms with E-state index in [1.54, 1.807) is 11.9 Å². The zero-order valence-corrected chi connectivity index (χ0v) is 17.9. The van der Waals surface area contributed by atoms with Gasteiger partial charge < -0.3 is 4.90 Å². The predicted octanol–water partition coefficient (Wildman–Crippen LogP) is 4.37. The Hall–Kier alpha value is -2.34. The standard InChI is InChI=1S/C23H28N2O3S/c1-3-4-19-13-21(14-20-11-12-22(26)25(2)23(19)20)24-29(27,28)15-16-5-7-17(8-6-16)18-9-10-18/h5-8,13-14,18,24H,3-4,9-12,15H2,1-2H3.